The number of carbonyl (C=O) groups excluding carboxylic acids is 3. The highest BCUT2D eigenvalue weighted by molar-refractivity contribution is 6.30. The van der Waals surface area contributed by atoms with E-state index in [0.717, 1.165) is 49.5 Å². The molecule has 2 saturated heterocycles. The zero-order chi connectivity index (χ0) is 25.2. The number of rotatable bonds is 5. The molecular formula is C25H33ClN6O3. The lowest BCUT2D eigenvalue weighted by Crippen LogP contribution is -2.47. The third kappa shape index (κ3) is 8.86. The first-order valence-electron chi connectivity index (χ1n) is 11.6. The molecule has 0 aliphatic carbocycles. The van der Waals surface area contributed by atoms with E-state index in [-0.39, 0.29) is 17.8 Å². The monoisotopic (exact) mass is 500 g/mol. The number of hydrogen-bond acceptors (Lipinski definition) is 5. The second-order valence-electron chi connectivity index (χ2n) is 8.65. The summed E-state index contributed by atoms with van der Waals surface area (Å²) >= 11 is 5.85. The summed E-state index contributed by atoms with van der Waals surface area (Å²) < 4.78 is 0. The minimum atomic E-state index is -0.262. The van der Waals surface area contributed by atoms with Crippen molar-refractivity contribution >= 4 is 35.1 Å². The lowest BCUT2D eigenvalue weighted by molar-refractivity contribution is -0.134. The number of likely N-dealkylation sites (N-methyl/N-ethyl adjacent to an activating group) is 2. The highest BCUT2D eigenvalue weighted by Gasteiger charge is 2.20. The molecule has 10 heteroatoms. The number of halogens is 1. The Labute approximate surface area is 211 Å². The van der Waals surface area contributed by atoms with Gasteiger partial charge in [0.15, 0.2) is 0 Å². The number of amides is 4. The van der Waals surface area contributed by atoms with Gasteiger partial charge in [-0.1, -0.05) is 35.9 Å². The molecule has 35 heavy (non-hydrogen) atoms. The van der Waals surface area contributed by atoms with Crippen LogP contribution in [-0.2, 0) is 22.7 Å². The van der Waals surface area contributed by atoms with Crippen molar-refractivity contribution in [3.05, 3.63) is 64.7 Å². The van der Waals surface area contributed by atoms with E-state index in [1.54, 1.807) is 21.9 Å². The molecule has 0 aromatic heterocycles. The van der Waals surface area contributed by atoms with Crippen LogP contribution < -0.4 is 16.0 Å². The second-order valence-corrected chi connectivity index (χ2v) is 9.09. The molecule has 0 unspecified atom stereocenters. The summed E-state index contributed by atoms with van der Waals surface area (Å²) in [6.45, 7) is 5.52. The molecule has 2 aliphatic heterocycles. The fourth-order valence-electron chi connectivity index (χ4n) is 3.56. The Morgan fingerprint density at radius 2 is 1.57 bits per heavy atom. The fourth-order valence-corrected chi connectivity index (χ4v) is 3.68. The summed E-state index contributed by atoms with van der Waals surface area (Å²) in [7, 11) is 3.65. The summed E-state index contributed by atoms with van der Waals surface area (Å²) in [4.78, 5) is 40.1. The number of anilines is 1. The largest absolute Gasteiger partial charge is 0.343 e. The van der Waals surface area contributed by atoms with Crippen molar-refractivity contribution in [1.82, 2.24) is 25.3 Å². The molecule has 0 bridgehead atoms. The highest BCUT2D eigenvalue weighted by atomic mass is 35.5. The van der Waals surface area contributed by atoms with E-state index >= 15 is 0 Å². The van der Waals surface area contributed by atoms with Gasteiger partial charge in [0.25, 0.3) is 0 Å². The van der Waals surface area contributed by atoms with E-state index in [0.29, 0.717) is 24.7 Å². The van der Waals surface area contributed by atoms with Gasteiger partial charge in [-0.3, -0.25) is 14.5 Å². The maximum atomic E-state index is 12.0. The van der Waals surface area contributed by atoms with Crippen LogP contribution in [0.5, 0.6) is 0 Å². The normalized spacial score (nSPS) is 16.4. The Kier molecular flexibility index (Phi) is 9.89. The van der Waals surface area contributed by atoms with Crippen molar-refractivity contribution in [2.45, 2.75) is 13.1 Å². The van der Waals surface area contributed by atoms with Crippen LogP contribution in [0.2, 0.25) is 5.02 Å². The summed E-state index contributed by atoms with van der Waals surface area (Å²) in [5, 5.41) is 9.27. The fraction of sp³-hybridized carbons (Fsp3) is 0.400. The number of carbonyl (C=O) groups is 3. The smallest absolute Gasteiger partial charge is 0.319 e. The van der Waals surface area contributed by atoms with Gasteiger partial charge in [-0.15, -0.1) is 0 Å². The number of urea groups is 1. The summed E-state index contributed by atoms with van der Waals surface area (Å²) in [5.41, 5.74) is 2.81. The Balaban J connectivity index is 0.000000363. The summed E-state index contributed by atoms with van der Waals surface area (Å²) in [5.74, 6) is 0.341. The molecule has 2 aromatic carbocycles. The Morgan fingerprint density at radius 1 is 0.914 bits per heavy atom. The molecule has 2 aromatic rings. The van der Waals surface area contributed by atoms with Crippen LogP contribution in [0.15, 0.2) is 48.5 Å². The van der Waals surface area contributed by atoms with Crippen molar-refractivity contribution in [2.24, 2.45) is 0 Å². The van der Waals surface area contributed by atoms with E-state index in [1.807, 2.05) is 50.5 Å². The van der Waals surface area contributed by atoms with Gasteiger partial charge >= 0.3 is 6.03 Å². The Bertz CT molecular complexity index is 999. The van der Waals surface area contributed by atoms with Crippen LogP contribution >= 0.6 is 11.6 Å². The standard InChI is InChI=1S/C20H23ClN4O2.C5H10N2O/c1-24-10-11-25(14-19(24)26)13-16-4-8-18(9-5-16)23-20(27)22-12-15-2-6-17(21)7-3-15;1-7-3-2-6-4-5(7)8/h2-9H,10-14H2,1H3,(H2,22,23,27);6H,2-4H2,1H3. The summed E-state index contributed by atoms with van der Waals surface area (Å²) in [6.07, 6.45) is 0. The van der Waals surface area contributed by atoms with Crippen molar-refractivity contribution < 1.29 is 14.4 Å². The topological polar surface area (TPSA) is 97.0 Å². The molecule has 4 amide bonds. The molecule has 9 nitrogen and oxygen atoms in total. The highest BCUT2D eigenvalue weighted by Crippen LogP contribution is 2.13. The summed E-state index contributed by atoms with van der Waals surface area (Å²) in [6, 6.07) is 14.8. The molecule has 2 aliphatic rings. The maximum absolute atomic E-state index is 12.0. The van der Waals surface area contributed by atoms with Crippen molar-refractivity contribution in [2.75, 3.05) is 58.7 Å². The lowest BCUT2D eigenvalue weighted by atomic mass is 10.2. The molecule has 0 saturated carbocycles. The molecule has 2 heterocycles. The molecule has 0 spiro atoms. The van der Waals surface area contributed by atoms with Crippen LogP contribution in [0, 0.1) is 0 Å². The quantitative estimate of drug-likeness (QED) is 0.583. The van der Waals surface area contributed by atoms with Crippen LogP contribution in [0.3, 0.4) is 0 Å². The maximum Gasteiger partial charge on any atom is 0.319 e. The molecule has 0 atom stereocenters. The van der Waals surface area contributed by atoms with Gasteiger partial charge in [-0.25, -0.2) is 4.79 Å². The zero-order valence-corrected chi connectivity index (χ0v) is 21.0. The number of nitrogens with zero attached hydrogens (tertiary/aromatic N) is 3. The van der Waals surface area contributed by atoms with E-state index in [4.69, 9.17) is 11.6 Å². The molecule has 3 N–H and O–H groups in total. The third-order valence-electron chi connectivity index (χ3n) is 5.85. The van der Waals surface area contributed by atoms with Crippen LogP contribution in [0.25, 0.3) is 0 Å². The predicted molar refractivity (Wildman–Crippen MR) is 137 cm³/mol. The van der Waals surface area contributed by atoms with Crippen molar-refractivity contribution in [3.63, 3.8) is 0 Å². The van der Waals surface area contributed by atoms with Crippen molar-refractivity contribution in [3.8, 4) is 0 Å². The lowest BCUT2D eigenvalue weighted by Gasteiger charge is -2.31. The van der Waals surface area contributed by atoms with Gasteiger partial charge in [-0.2, -0.15) is 0 Å². The average Bonchev–Trinajstić information content (AvgIpc) is 2.85. The second kappa shape index (κ2) is 13.1. The van der Waals surface area contributed by atoms with Gasteiger partial charge in [-0.05, 0) is 35.4 Å². The van der Waals surface area contributed by atoms with Crippen LogP contribution in [0.4, 0.5) is 10.5 Å². The van der Waals surface area contributed by atoms with E-state index in [2.05, 4.69) is 20.9 Å². The number of piperazine rings is 2. The van der Waals surface area contributed by atoms with Crippen molar-refractivity contribution in [1.29, 1.82) is 0 Å². The molecule has 2 fully saturated rings. The third-order valence-corrected chi connectivity index (χ3v) is 6.10. The minimum Gasteiger partial charge on any atom is -0.343 e. The molecule has 4 rings (SSSR count). The minimum absolute atomic E-state index is 0.150. The van der Waals surface area contributed by atoms with Crippen LogP contribution in [0.1, 0.15) is 11.1 Å². The van der Waals surface area contributed by atoms with Gasteiger partial charge < -0.3 is 25.8 Å². The number of benzene rings is 2. The number of nitrogens with one attached hydrogen (secondary N) is 3. The Hall–Kier alpha value is -3.14. The van der Waals surface area contributed by atoms with E-state index in [1.165, 1.54) is 0 Å². The van der Waals surface area contributed by atoms with Gasteiger partial charge in [0, 0.05) is 64.1 Å². The van der Waals surface area contributed by atoms with Gasteiger partial charge in [0.05, 0.1) is 13.1 Å². The predicted octanol–water partition coefficient (Wildman–Crippen LogP) is 1.98. The first kappa shape index (κ1) is 26.5. The van der Waals surface area contributed by atoms with E-state index in [9.17, 15) is 14.4 Å². The number of hydrogen-bond donors (Lipinski definition) is 3. The van der Waals surface area contributed by atoms with Gasteiger partial charge in [0.2, 0.25) is 11.8 Å². The molecule has 0 radical (unpaired) electrons. The Morgan fingerprint density at radius 3 is 2.17 bits per heavy atom. The van der Waals surface area contributed by atoms with E-state index < -0.39 is 0 Å². The SMILES string of the molecule is CN1CCN(Cc2ccc(NC(=O)NCc3ccc(Cl)cc3)cc2)CC1=O.CN1CCNCC1=O. The zero-order valence-electron chi connectivity index (χ0n) is 20.2. The first-order chi connectivity index (χ1) is 16.8. The molecule has 188 valence electrons. The average molecular weight is 501 g/mol. The van der Waals surface area contributed by atoms with Gasteiger partial charge in [0.1, 0.15) is 0 Å². The van der Waals surface area contributed by atoms with Crippen LogP contribution in [-0.4, -0.2) is 85.9 Å². The molecular weight excluding hydrogens is 468 g/mol. The first-order valence-corrected chi connectivity index (χ1v) is 12.0.